The summed E-state index contributed by atoms with van der Waals surface area (Å²) in [5.74, 6) is -10.1. The summed E-state index contributed by atoms with van der Waals surface area (Å²) in [6.45, 7) is 1.55. The van der Waals surface area contributed by atoms with Gasteiger partial charge in [-0.15, -0.1) is 0 Å². The molecule has 0 aliphatic heterocycles. The third-order valence-corrected chi connectivity index (χ3v) is 1.60. The second-order valence-corrected chi connectivity index (χ2v) is 3.46. The number of aliphatic carboxylic acids is 1. The molecule has 0 bridgehead atoms. The summed E-state index contributed by atoms with van der Waals surface area (Å²) < 4.78 is 59.9. The van der Waals surface area contributed by atoms with E-state index in [1.165, 1.54) is 0 Å². The maximum absolute atomic E-state index is 12.4. The monoisotopic (exact) mass is 249 g/mol. The Kier molecular flexibility index (Phi) is 3.53. The molecule has 0 aromatic heterocycles. The van der Waals surface area contributed by atoms with Crippen molar-refractivity contribution in [3.05, 3.63) is 0 Å². The second-order valence-electron chi connectivity index (χ2n) is 3.46. The summed E-state index contributed by atoms with van der Waals surface area (Å²) >= 11 is 0. The molecule has 0 aliphatic carbocycles. The van der Waals surface area contributed by atoms with Crippen molar-refractivity contribution >= 4 is 11.9 Å². The van der Waals surface area contributed by atoms with E-state index in [0.29, 0.717) is 0 Å². The molecule has 1 amide bonds. The molecule has 0 aromatic rings. The molecule has 94 valence electrons. The summed E-state index contributed by atoms with van der Waals surface area (Å²) in [7, 11) is 0. The molecular weight excluding hydrogens is 241 g/mol. The Morgan fingerprint density at radius 1 is 1.06 bits per heavy atom. The smallest absolute Gasteiger partial charge is 0.463 e. The van der Waals surface area contributed by atoms with Crippen molar-refractivity contribution in [2.24, 2.45) is 0 Å². The van der Waals surface area contributed by atoms with Crippen LogP contribution in [0.2, 0.25) is 0 Å². The fourth-order valence-electron chi connectivity index (χ4n) is 0.545. The van der Waals surface area contributed by atoms with Gasteiger partial charge < -0.3 is 10.4 Å². The maximum atomic E-state index is 12.4. The zero-order chi connectivity index (χ0) is 13.4. The highest BCUT2D eigenvalue weighted by atomic mass is 19.4. The predicted octanol–water partition coefficient (Wildman–Crippen LogP) is 1.16. The molecule has 16 heavy (non-hydrogen) atoms. The van der Waals surface area contributed by atoms with E-state index >= 15 is 0 Å². The molecule has 0 aliphatic rings. The zero-order valence-corrected chi connectivity index (χ0v) is 8.15. The van der Waals surface area contributed by atoms with Crippen molar-refractivity contribution in [3.63, 3.8) is 0 Å². The molecule has 0 aromatic carbocycles. The van der Waals surface area contributed by atoms with E-state index in [2.05, 4.69) is 0 Å². The number of nitrogens with one attached hydrogen (secondary N) is 1. The summed E-state index contributed by atoms with van der Waals surface area (Å²) in [4.78, 5) is 21.0. The topological polar surface area (TPSA) is 66.4 Å². The molecule has 0 saturated heterocycles. The number of alkyl halides is 5. The lowest BCUT2D eigenvalue weighted by molar-refractivity contribution is -0.270. The Morgan fingerprint density at radius 2 is 1.44 bits per heavy atom. The van der Waals surface area contributed by atoms with Crippen molar-refractivity contribution in [2.45, 2.75) is 31.5 Å². The molecule has 2 N–H and O–H groups in total. The summed E-state index contributed by atoms with van der Waals surface area (Å²) in [6, 6.07) is 0. The highest BCUT2D eigenvalue weighted by Gasteiger charge is 2.64. The van der Waals surface area contributed by atoms with Crippen molar-refractivity contribution in [3.8, 4) is 0 Å². The van der Waals surface area contributed by atoms with Gasteiger partial charge in [0.05, 0.1) is 0 Å². The molecule has 4 nitrogen and oxygen atoms in total. The first-order valence-corrected chi connectivity index (χ1v) is 3.83. The van der Waals surface area contributed by atoms with Crippen LogP contribution in [-0.2, 0) is 9.59 Å². The van der Waals surface area contributed by atoms with Gasteiger partial charge in [-0.05, 0) is 13.8 Å². The number of amides is 1. The van der Waals surface area contributed by atoms with Gasteiger partial charge in [-0.25, -0.2) is 4.79 Å². The first-order valence-electron chi connectivity index (χ1n) is 3.83. The molecule has 0 fully saturated rings. The highest BCUT2D eigenvalue weighted by molar-refractivity contribution is 5.90. The molecular formula is C7H8F5NO3. The van der Waals surface area contributed by atoms with E-state index in [9.17, 15) is 31.5 Å². The van der Waals surface area contributed by atoms with E-state index < -0.39 is 29.5 Å². The van der Waals surface area contributed by atoms with Gasteiger partial charge in [0.1, 0.15) is 5.54 Å². The van der Waals surface area contributed by atoms with Crippen LogP contribution in [0, 0.1) is 0 Å². The number of carbonyl (C=O) groups is 2. The number of halogens is 5. The van der Waals surface area contributed by atoms with Crippen LogP contribution in [0.5, 0.6) is 0 Å². The average Bonchev–Trinajstić information content (AvgIpc) is 2.00. The lowest BCUT2D eigenvalue weighted by atomic mass is 10.1. The standard InChI is InChI=1S/C7H8F5NO3/c1-5(2,4(15)16)13-3(14)6(8,9)7(10,11)12/h1-2H3,(H,13,14)(H,15,16). The predicted molar refractivity (Wildman–Crippen MR) is 40.9 cm³/mol. The first-order chi connectivity index (χ1) is 6.82. The SMILES string of the molecule is CC(C)(NC(=O)C(F)(F)C(F)(F)F)C(=O)O. The highest BCUT2D eigenvalue weighted by Crippen LogP contribution is 2.35. The van der Waals surface area contributed by atoms with Gasteiger partial charge in [0.25, 0.3) is 0 Å². The molecule has 0 spiro atoms. The van der Waals surface area contributed by atoms with E-state index in [-0.39, 0.29) is 0 Å². The van der Waals surface area contributed by atoms with Gasteiger partial charge in [0, 0.05) is 0 Å². The number of carboxylic acid groups (broad SMARTS) is 1. The third-order valence-electron chi connectivity index (χ3n) is 1.60. The number of rotatable bonds is 3. The Morgan fingerprint density at radius 3 is 1.69 bits per heavy atom. The molecule has 0 heterocycles. The lowest BCUT2D eigenvalue weighted by Crippen LogP contribution is -2.58. The number of carbonyl (C=O) groups excluding carboxylic acids is 1. The van der Waals surface area contributed by atoms with E-state index in [0.717, 1.165) is 19.2 Å². The minimum Gasteiger partial charge on any atom is -0.480 e. The van der Waals surface area contributed by atoms with Crippen LogP contribution in [0.3, 0.4) is 0 Å². The zero-order valence-electron chi connectivity index (χ0n) is 8.15. The summed E-state index contributed by atoms with van der Waals surface area (Å²) in [5, 5.41) is 9.51. The number of carboxylic acids is 1. The fraction of sp³-hybridized carbons (Fsp3) is 0.714. The van der Waals surface area contributed by atoms with Gasteiger partial charge in [0.15, 0.2) is 0 Å². The molecule has 9 heteroatoms. The largest absolute Gasteiger partial charge is 0.480 e. The van der Waals surface area contributed by atoms with Crippen molar-refractivity contribution in [1.29, 1.82) is 0 Å². The maximum Gasteiger partial charge on any atom is 0.463 e. The minimum atomic E-state index is -6.06. The van der Waals surface area contributed by atoms with Crippen LogP contribution in [0.1, 0.15) is 13.8 Å². The van der Waals surface area contributed by atoms with E-state index in [4.69, 9.17) is 5.11 Å². The Balaban J connectivity index is 4.92. The average molecular weight is 249 g/mol. The number of hydrogen-bond donors (Lipinski definition) is 2. The van der Waals surface area contributed by atoms with Crippen LogP contribution in [-0.4, -0.2) is 34.6 Å². The summed E-state index contributed by atoms with van der Waals surface area (Å²) in [5.41, 5.74) is -2.22. The molecule has 0 radical (unpaired) electrons. The molecule has 0 rings (SSSR count). The van der Waals surface area contributed by atoms with Gasteiger partial charge in [-0.3, -0.25) is 4.79 Å². The second kappa shape index (κ2) is 3.87. The van der Waals surface area contributed by atoms with Crippen molar-refractivity contribution in [2.75, 3.05) is 0 Å². The Hall–Kier alpha value is -1.41. The Bertz CT molecular complexity index is 310. The molecule has 0 atom stereocenters. The van der Waals surface area contributed by atoms with Crippen LogP contribution in [0.15, 0.2) is 0 Å². The normalized spacial score (nSPS) is 13.4. The summed E-state index contributed by atoms with van der Waals surface area (Å²) in [6.07, 6.45) is -6.06. The minimum absolute atomic E-state index is 0.777. The van der Waals surface area contributed by atoms with E-state index in [1.807, 2.05) is 0 Å². The fourth-order valence-corrected chi connectivity index (χ4v) is 0.545. The quantitative estimate of drug-likeness (QED) is 0.737. The Labute approximate surface area is 86.4 Å². The van der Waals surface area contributed by atoms with Crippen LogP contribution >= 0.6 is 0 Å². The van der Waals surface area contributed by atoms with Gasteiger partial charge in [-0.2, -0.15) is 22.0 Å². The lowest BCUT2D eigenvalue weighted by Gasteiger charge is -2.25. The molecule has 0 unspecified atom stereocenters. The van der Waals surface area contributed by atoms with Crippen molar-refractivity contribution < 1.29 is 36.6 Å². The van der Waals surface area contributed by atoms with Crippen LogP contribution in [0.25, 0.3) is 0 Å². The van der Waals surface area contributed by atoms with Gasteiger partial charge in [0.2, 0.25) is 0 Å². The first kappa shape index (κ1) is 14.6. The van der Waals surface area contributed by atoms with Gasteiger partial charge >= 0.3 is 24.0 Å². The van der Waals surface area contributed by atoms with Crippen LogP contribution < -0.4 is 5.32 Å². The number of hydrogen-bond acceptors (Lipinski definition) is 2. The van der Waals surface area contributed by atoms with E-state index in [1.54, 1.807) is 0 Å². The van der Waals surface area contributed by atoms with Gasteiger partial charge in [-0.1, -0.05) is 0 Å². The van der Waals surface area contributed by atoms with Crippen LogP contribution in [0.4, 0.5) is 22.0 Å². The van der Waals surface area contributed by atoms with Crippen molar-refractivity contribution in [1.82, 2.24) is 5.32 Å². The molecule has 0 saturated carbocycles. The third kappa shape index (κ3) is 2.80.